The highest BCUT2D eigenvalue weighted by Gasteiger charge is 2.51. The van der Waals surface area contributed by atoms with Crippen LogP contribution >= 0.6 is 11.3 Å². The molecule has 0 saturated heterocycles. The van der Waals surface area contributed by atoms with E-state index in [1.807, 2.05) is 0 Å². The number of hydrogen-bond acceptors (Lipinski definition) is 3. The molecule has 0 spiro atoms. The molecule has 0 unspecified atom stereocenters. The van der Waals surface area contributed by atoms with Crippen molar-refractivity contribution in [3.8, 4) is 11.1 Å². The molecule has 6 aliphatic rings. The third kappa shape index (κ3) is 6.77. The Balaban J connectivity index is 1.25. The fourth-order valence-corrected chi connectivity index (χ4v) is 14.9. The van der Waals surface area contributed by atoms with Gasteiger partial charge in [0.15, 0.2) is 0 Å². The Morgan fingerprint density at radius 1 is 0.457 bits per heavy atom. The summed E-state index contributed by atoms with van der Waals surface area (Å²) in [6.45, 7) is 36.5. The highest BCUT2D eigenvalue weighted by molar-refractivity contribution is 7.26. The van der Waals surface area contributed by atoms with Crippen LogP contribution < -0.4 is 26.2 Å². The largest absolute Gasteiger partial charge is 0.311 e. The SMILES string of the molecule is CC(C)(C)c1ccc(N2c3cc(C(C)(C)C)cc4c3B(c3cc5c(cc3N4c3ccc(C(C)(C)C)cc3-c3ccccc3)C(C)(C)CCC5(C)C)c3c2sc2cc4c(cc32)C2(C)CCC4(C)CC2)cc1. The van der Waals surface area contributed by atoms with Crippen molar-refractivity contribution in [2.75, 3.05) is 9.80 Å². The van der Waals surface area contributed by atoms with Gasteiger partial charge in [0, 0.05) is 33.0 Å². The van der Waals surface area contributed by atoms with E-state index in [1.165, 1.54) is 137 Å². The molecule has 3 heterocycles. The molecular weight excluding hydrogens is 864 g/mol. The predicted molar refractivity (Wildman–Crippen MR) is 306 cm³/mol. The van der Waals surface area contributed by atoms with Gasteiger partial charge in [-0.1, -0.05) is 158 Å². The molecular formula is C66H75BN2S. The van der Waals surface area contributed by atoms with E-state index in [9.17, 15) is 0 Å². The molecule has 4 aliphatic carbocycles. The second-order valence-electron chi connectivity index (χ2n) is 27.5. The van der Waals surface area contributed by atoms with Crippen LogP contribution in [0.2, 0.25) is 0 Å². The summed E-state index contributed by atoms with van der Waals surface area (Å²) >= 11 is 2.05. The van der Waals surface area contributed by atoms with Gasteiger partial charge >= 0.3 is 0 Å². The summed E-state index contributed by atoms with van der Waals surface area (Å²) in [5.41, 5.74) is 24.1. The molecule has 7 aromatic rings. The lowest BCUT2D eigenvalue weighted by Gasteiger charge is -2.52. The molecule has 13 rings (SSSR count). The lowest BCUT2D eigenvalue weighted by Crippen LogP contribution is -2.61. The van der Waals surface area contributed by atoms with Gasteiger partial charge in [-0.2, -0.15) is 0 Å². The van der Waals surface area contributed by atoms with Gasteiger partial charge in [0.05, 0.1) is 10.7 Å². The van der Waals surface area contributed by atoms with Crippen LogP contribution in [0.3, 0.4) is 0 Å². The Morgan fingerprint density at radius 2 is 1.00 bits per heavy atom. The van der Waals surface area contributed by atoms with Gasteiger partial charge in [-0.15, -0.1) is 11.3 Å². The number of hydrogen-bond donors (Lipinski definition) is 0. The van der Waals surface area contributed by atoms with Crippen LogP contribution in [-0.2, 0) is 37.9 Å². The van der Waals surface area contributed by atoms with E-state index in [4.69, 9.17) is 0 Å². The molecule has 0 radical (unpaired) electrons. The molecule has 0 amide bonds. The zero-order valence-corrected chi connectivity index (χ0v) is 45.8. The van der Waals surface area contributed by atoms with Crippen molar-refractivity contribution in [2.45, 2.75) is 180 Å². The molecule has 1 saturated carbocycles. The molecule has 70 heavy (non-hydrogen) atoms. The first-order valence-electron chi connectivity index (χ1n) is 26.7. The minimum absolute atomic E-state index is 0.0143. The van der Waals surface area contributed by atoms with Gasteiger partial charge in [-0.3, -0.25) is 0 Å². The maximum Gasteiger partial charge on any atom is 0.254 e. The van der Waals surface area contributed by atoms with Crippen molar-refractivity contribution in [2.24, 2.45) is 0 Å². The fraction of sp³-hybridized carbons (Fsp3) is 0.424. The summed E-state index contributed by atoms with van der Waals surface area (Å²) in [5.74, 6) is 0. The first-order chi connectivity index (χ1) is 32.8. The number of rotatable bonds is 3. The van der Waals surface area contributed by atoms with Crippen molar-refractivity contribution in [1.82, 2.24) is 0 Å². The van der Waals surface area contributed by atoms with Gasteiger partial charge in [0.2, 0.25) is 0 Å². The van der Waals surface area contributed by atoms with E-state index >= 15 is 0 Å². The van der Waals surface area contributed by atoms with Crippen LogP contribution in [0.25, 0.3) is 21.2 Å². The van der Waals surface area contributed by atoms with E-state index in [-0.39, 0.29) is 44.6 Å². The van der Waals surface area contributed by atoms with Crippen LogP contribution in [0.15, 0.2) is 109 Å². The van der Waals surface area contributed by atoms with Crippen LogP contribution in [0.4, 0.5) is 33.4 Å². The summed E-state index contributed by atoms with van der Waals surface area (Å²) in [5, 5.41) is 2.85. The molecule has 2 bridgehead atoms. The summed E-state index contributed by atoms with van der Waals surface area (Å²) in [6, 6.07) is 44.3. The summed E-state index contributed by atoms with van der Waals surface area (Å²) in [4.78, 5) is 5.46. The van der Waals surface area contributed by atoms with Crippen molar-refractivity contribution >= 4 is 78.0 Å². The van der Waals surface area contributed by atoms with Crippen LogP contribution in [0, 0.1) is 0 Å². The smallest absolute Gasteiger partial charge is 0.254 e. The van der Waals surface area contributed by atoms with Crippen LogP contribution in [0.5, 0.6) is 0 Å². The number of benzene rings is 6. The van der Waals surface area contributed by atoms with E-state index in [0.29, 0.717) is 0 Å². The van der Waals surface area contributed by atoms with Crippen molar-refractivity contribution in [1.29, 1.82) is 0 Å². The predicted octanol–water partition coefficient (Wildman–Crippen LogP) is 17.0. The molecule has 4 heteroatoms. The first-order valence-corrected chi connectivity index (χ1v) is 27.5. The minimum atomic E-state index is -0.112. The fourth-order valence-electron chi connectivity index (χ4n) is 13.6. The topological polar surface area (TPSA) is 6.48 Å². The van der Waals surface area contributed by atoms with E-state index in [0.717, 1.165) is 0 Å². The highest BCUT2D eigenvalue weighted by atomic mass is 32.1. The lowest BCUT2D eigenvalue weighted by atomic mass is 9.33. The Morgan fingerprint density at radius 3 is 1.59 bits per heavy atom. The number of thiophene rings is 1. The molecule has 0 atom stereocenters. The van der Waals surface area contributed by atoms with Gasteiger partial charge in [-0.05, 0) is 197 Å². The van der Waals surface area contributed by atoms with Crippen molar-refractivity contribution in [3.63, 3.8) is 0 Å². The Labute approximate surface area is 425 Å². The third-order valence-corrected chi connectivity index (χ3v) is 19.8. The Kier molecular flexibility index (Phi) is 9.72. The minimum Gasteiger partial charge on any atom is -0.311 e. The standard InChI is InChI=1S/C66H75BN2S/c1-60(2,3)41-21-24-44(25-22-41)68-54-34-43(62(7,8)9)35-55-58(54)67(57-46-36-49-50(39-56(46)70-59(57)68)66(15)31-29-65(49,14)30-32-66)51-37-47-48(64(12,13)28-27-63(47,10)11)38-53(51)69(55)52-26-23-42(61(4,5)6)33-45(52)40-19-17-16-18-20-40/h16-26,33-39H,27-32H2,1-15H3. The van der Waals surface area contributed by atoms with E-state index in [1.54, 1.807) is 11.1 Å². The lowest BCUT2D eigenvalue weighted by molar-refractivity contribution is 0.188. The molecule has 1 aromatic heterocycles. The molecule has 2 nitrogen and oxygen atoms in total. The maximum absolute atomic E-state index is 2.75. The number of fused-ring (bicyclic) bond motifs is 9. The maximum atomic E-state index is 2.75. The zero-order valence-electron chi connectivity index (χ0n) is 45.0. The number of nitrogens with zero attached hydrogens (tertiary/aromatic N) is 2. The molecule has 6 aromatic carbocycles. The molecule has 2 aliphatic heterocycles. The van der Waals surface area contributed by atoms with E-state index < -0.39 is 0 Å². The van der Waals surface area contributed by atoms with Crippen LogP contribution in [0.1, 0.15) is 181 Å². The van der Waals surface area contributed by atoms with Gasteiger partial charge in [0.25, 0.3) is 6.71 Å². The van der Waals surface area contributed by atoms with Gasteiger partial charge in [0.1, 0.15) is 0 Å². The highest BCUT2D eigenvalue weighted by Crippen LogP contribution is 2.59. The first kappa shape index (κ1) is 46.0. The second-order valence-corrected chi connectivity index (χ2v) is 28.5. The normalized spacial score (nSPS) is 21.8. The van der Waals surface area contributed by atoms with Crippen LogP contribution in [-0.4, -0.2) is 6.71 Å². The Hall–Kier alpha value is -5.06. The van der Waals surface area contributed by atoms with E-state index in [2.05, 4.69) is 234 Å². The molecule has 1 fully saturated rings. The third-order valence-electron chi connectivity index (χ3n) is 18.6. The average molecular weight is 939 g/mol. The summed E-state index contributed by atoms with van der Waals surface area (Å²) in [6.07, 6.45) is 7.48. The summed E-state index contributed by atoms with van der Waals surface area (Å²) < 4.78 is 1.44. The molecule has 358 valence electrons. The monoisotopic (exact) mass is 939 g/mol. The van der Waals surface area contributed by atoms with Crippen molar-refractivity contribution < 1.29 is 0 Å². The van der Waals surface area contributed by atoms with Gasteiger partial charge < -0.3 is 9.80 Å². The van der Waals surface area contributed by atoms with Gasteiger partial charge in [-0.25, -0.2) is 0 Å². The average Bonchev–Trinajstić information content (AvgIpc) is 3.68. The Bertz CT molecular complexity index is 3300. The van der Waals surface area contributed by atoms with Crippen molar-refractivity contribution in [3.05, 3.63) is 148 Å². The second kappa shape index (κ2) is 14.8. The number of anilines is 6. The molecule has 0 N–H and O–H groups in total. The zero-order chi connectivity index (χ0) is 49.5. The summed E-state index contributed by atoms with van der Waals surface area (Å²) in [7, 11) is 0. The quantitative estimate of drug-likeness (QED) is 0.163.